The number of nitrogens with one attached hydrogen (secondary N) is 2. The van der Waals surface area contributed by atoms with E-state index in [2.05, 4.69) is 21.7 Å². The van der Waals surface area contributed by atoms with Crippen molar-refractivity contribution in [1.29, 1.82) is 5.26 Å². The second kappa shape index (κ2) is 19.8. The lowest BCUT2D eigenvalue weighted by atomic mass is 9.94. The number of fused-ring (bicyclic) bond motifs is 2. The molecule has 0 saturated carbocycles. The van der Waals surface area contributed by atoms with Crippen molar-refractivity contribution >= 4 is 67.5 Å². The van der Waals surface area contributed by atoms with Gasteiger partial charge in [0.25, 0.3) is 10.0 Å². The number of hydrogen-bond acceptors (Lipinski definition) is 11. The monoisotopic (exact) mass is 979 g/mol. The van der Waals surface area contributed by atoms with Gasteiger partial charge in [-0.05, 0) is 101 Å². The van der Waals surface area contributed by atoms with Gasteiger partial charge < -0.3 is 30.0 Å². The lowest BCUT2D eigenvalue weighted by molar-refractivity contribution is -0.142. The predicted octanol–water partition coefficient (Wildman–Crippen LogP) is 8.91. The van der Waals surface area contributed by atoms with Crippen LogP contribution in [0.15, 0.2) is 107 Å². The van der Waals surface area contributed by atoms with Gasteiger partial charge in [-0.25, -0.2) is 18.2 Å². The van der Waals surface area contributed by atoms with Crippen LogP contribution in [-0.4, -0.2) is 59.3 Å². The summed E-state index contributed by atoms with van der Waals surface area (Å²) in [7, 11) is -4.51. The zero-order valence-corrected chi connectivity index (χ0v) is 39.4. The van der Waals surface area contributed by atoms with Crippen LogP contribution in [0, 0.1) is 24.2 Å². The molecule has 1 aromatic heterocycles. The number of aryl methyl sites for hydroxylation is 1. The van der Waals surface area contributed by atoms with Gasteiger partial charge in [-0.2, -0.15) is 9.57 Å². The normalized spacial score (nSPS) is 16.1. The molecule has 0 bridgehead atoms. The van der Waals surface area contributed by atoms with Gasteiger partial charge in [0.1, 0.15) is 31.0 Å². The van der Waals surface area contributed by atoms with E-state index in [9.17, 15) is 27.9 Å². The molecule has 18 heteroatoms. The Kier molecular flexibility index (Phi) is 13.9. The van der Waals surface area contributed by atoms with E-state index in [4.69, 9.17) is 42.7 Å². The highest BCUT2D eigenvalue weighted by Gasteiger charge is 2.43. The second-order valence-electron chi connectivity index (χ2n) is 16.4. The summed E-state index contributed by atoms with van der Waals surface area (Å²) in [6.45, 7) is 5.06. The Morgan fingerprint density at radius 1 is 0.925 bits per heavy atom. The number of hydrogen-bond donors (Lipinski definition) is 3. The molecule has 344 valence electrons. The number of sulfonamides is 1. The molecule has 8 rings (SSSR count). The summed E-state index contributed by atoms with van der Waals surface area (Å²) in [6, 6.07) is 29.6. The smallest absolute Gasteiger partial charge is 0.326 e. The number of amides is 2. The summed E-state index contributed by atoms with van der Waals surface area (Å²) in [5, 5.41) is 25.8. The highest BCUT2D eigenvalue weighted by atomic mass is 35.5. The number of halogens is 2. The molecular formula is C49H43Cl2N5O9S2. The first-order chi connectivity index (χ1) is 32.1. The SMILES string of the molecule is Cc1nc(NC(=O)C(C)C)sc1S(=O)(=O)N1Cc2cc3c(cc2C[C@H]1C(=O)NC(Cc1ccc(-c2ccc(C#N)cc2)cc1)C(=O)O)OC[C@H](c1ccc(OCc2ccc(Cl)c(Cl)c2)cc1)O3. The number of carbonyl (C=O) groups excluding carboxylic acids is 2. The molecule has 1 unspecified atom stereocenters. The molecule has 5 aromatic carbocycles. The van der Waals surface area contributed by atoms with E-state index in [0.29, 0.717) is 49.5 Å². The summed E-state index contributed by atoms with van der Waals surface area (Å²) in [5.41, 5.74) is 5.81. The number of aliphatic carboxylic acids is 1. The van der Waals surface area contributed by atoms with Crippen molar-refractivity contribution < 1.29 is 42.1 Å². The van der Waals surface area contributed by atoms with Gasteiger partial charge >= 0.3 is 5.97 Å². The summed E-state index contributed by atoms with van der Waals surface area (Å²) >= 11 is 13.0. The summed E-state index contributed by atoms with van der Waals surface area (Å²) < 4.78 is 49.0. The number of carbonyl (C=O) groups is 3. The number of nitriles is 1. The number of nitrogens with zero attached hydrogens (tertiary/aromatic N) is 3. The summed E-state index contributed by atoms with van der Waals surface area (Å²) in [5.74, 6) is -1.46. The van der Waals surface area contributed by atoms with Gasteiger partial charge in [0, 0.05) is 18.9 Å². The number of carboxylic acid groups (broad SMARTS) is 1. The zero-order valence-electron chi connectivity index (χ0n) is 36.3. The third-order valence-electron chi connectivity index (χ3n) is 11.4. The molecular weight excluding hydrogens is 938 g/mol. The molecule has 2 aliphatic rings. The Hall–Kier alpha value is -6.48. The van der Waals surface area contributed by atoms with Crippen LogP contribution in [0.5, 0.6) is 17.2 Å². The fourth-order valence-electron chi connectivity index (χ4n) is 7.65. The maximum atomic E-state index is 14.8. The molecule has 3 atom stereocenters. The van der Waals surface area contributed by atoms with Gasteiger partial charge in [-0.1, -0.05) is 103 Å². The van der Waals surface area contributed by atoms with E-state index >= 15 is 0 Å². The van der Waals surface area contributed by atoms with Crippen molar-refractivity contribution in [3.05, 3.63) is 152 Å². The maximum absolute atomic E-state index is 14.8. The van der Waals surface area contributed by atoms with Crippen LogP contribution < -0.4 is 24.8 Å². The fourth-order valence-corrected chi connectivity index (χ4v) is 11.1. The number of carboxylic acids is 1. The average molecular weight is 981 g/mol. The molecule has 0 fully saturated rings. The van der Waals surface area contributed by atoms with E-state index in [-0.39, 0.29) is 53.5 Å². The molecule has 14 nitrogen and oxygen atoms in total. The molecule has 0 aliphatic carbocycles. The van der Waals surface area contributed by atoms with E-state index in [1.54, 1.807) is 62.4 Å². The van der Waals surface area contributed by atoms with Crippen molar-refractivity contribution in [2.24, 2.45) is 5.92 Å². The Morgan fingerprint density at radius 2 is 1.60 bits per heavy atom. The Balaban J connectivity index is 1.03. The predicted molar refractivity (Wildman–Crippen MR) is 253 cm³/mol. The first-order valence-electron chi connectivity index (χ1n) is 21.1. The van der Waals surface area contributed by atoms with Gasteiger partial charge in [0.15, 0.2) is 26.9 Å². The first kappa shape index (κ1) is 47.0. The highest BCUT2D eigenvalue weighted by molar-refractivity contribution is 7.91. The molecule has 2 aliphatic heterocycles. The van der Waals surface area contributed by atoms with Crippen molar-refractivity contribution in [3.63, 3.8) is 0 Å². The van der Waals surface area contributed by atoms with Crippen molar-refractivity contribution in [2.75, 3.05) is 11.9 Å². The molecule has 67 heavy (non-hydrogen) atoms. The van der Waals surface area contributed by atoms with Crippen LogP contribution in [0.25, 0.3) is 11.1 Å². The van der Waals surface area contributed by atoms with E-state index in [0.717, 1.165) is 37.9 Å². The minimum absolute atomic E-state index is 0.0843. The lowest BCUT2D eigenvalue weighted by Crippen LogP contribution is -2.55. The standard InChI is InChI=1S/C49H43Cl2N5O9S2/c1-27(2)45(57)55-49-53-28(3)48(66-49)67(61,62)56-24-36-22-43-42(64-26-44(65-43)34-13-15-37(16-14-34)63-25-31-8-17-38(50)39(51)18-31)21-35(36)20-41(56)46(58)54-40(47(59)60)19-29-4-9-32(10-5-29)33-11-6-30(23-52)7-12-33/h4-18,21-22,27,40-41,44H,19-20,24-26H2,1-3H3,(H,54,58)(H,59,60)(H,53,55,57)/t40?,41-,44+/m0/s1. The van der Waals surface area contributed by atoms with Crippen molar-refractivity contribution in [3.8, 4) is 34.4 Å². The molecule has 3 heterocycles. The molecule has 3 N–H and O–H groups in total. The molecule has 0 spiro atoms. The fraction of sp³-hybridized carbons (Fsp3) is 0.245. The van der Waals surface area contributed by atoms with Gasteiger partial charge in [-0.3, -0.25) is 9.59 Å². The van der Waals surface area contributed by atoms with E-state index in [1.165, 1.54) is 6.92 Å². The lowest BCUT2D eigenvalue weighted by Gasteiger charge is -2.36. The van der Waals surface area contributed by atoms with Crippen LogP contribution in [0.3, 0.4) is 0 Å². The molecule has 6 aromatic rings. The maximum Gasteiger partial charge on any atom is 0.326 e. The number of benzene rings is 5. The van der Waals surface area contributed by atoms with Crippen LogP contribution >= 0.6 is 34.5 Å². The van der Waals surface area contributed by atoms with Crippen molar-refractivity contribution in [2.45, 2.75) is 69.2 Å². The van der Waals surface area contributed by atoms with Crippen LogP contribution in [0.1, 0.15) is 59.0 Å². The van der Waals surface area contributed by atoms with E-state index in [1.807, 2.05) is 54.6 Å². The summed E-state index contributed by atoms with van der Waals surface area (Å²) in [6.07, 6.45) is -0.729. The third-order valence-corrected chi connectivity index (χ3v) is 15.6. The number of ether oxygens (including phenoxy) is 3. The number of rotatable bonds is 14. The largest absolute Gasteiger partial charge is 0.489 e. The average Bonchev–Trinajstić information content (AvgIpc) is 3.70. The third kappa shape index (κ3) is 10.6. The highest BCUT2D eigenvalue weighted by Crippen LogP contribution is 2.43. The number of anilines is 1. The molecule has 0 saturated heterocycles. The number of thiazole rings is 1. The number of aromatic nitrogens is 1. The topological polar surface area (TPSA) is 197 Å². The van der Waals surface area contributed by atoms with Crippen LogP contribution in [0.4, 0.5) is 5.13 Å². The molecule has 2 amide bonds. The minimum atomic E-state index is -4.51. The van der Waals surface area contributed by atoms with E-state index < -0.39 is 46.0 Å². The Labute approximate surface area is 401 Å². The van der Waals surface area contributed by atoms with Gasteiger partial charge in [0.05, 0.1) is 27.4 Å². The molecule has 0 radical (unpaired) electrons. The van der Waals surface area contributed by atoms with Gasteiger partial charge in [-0.15, -0.1) is 0 Å². The quantitative estimate of drug-likeness (QED) is 0.0943. The minimum Gasteiger partial charge on any atom is -0.489 e. The van der Waals surface area contributed by atoms with Crippen molar-refractivity contribution in [1.82, 2.24) is 14.6 Å². The Morgan fingerprint density at radius 3 is 2.25 bits per heavy atom. The summed E-state index contributed by atoms with van der Waals surface area (Å²) in [4.78, 5) is 44.0. The van der Waals surface area contributed by atoms with Gasteiger partial charge in [0.2, 0.25) is 11.8 Å². The first-order valence-corrected chi connectivity index (χ1v) is 24.1. The van der Waals surface area contributed by atoms with Crippen LogP contribution in [0.2, 0.25) is 10.0 Å². The Bertz CT molecular complexity index is 3010. The second-order valence-corrected chi connectivity index (χ2v) is 20.3. The van der Waals surface area contributed by atoms with Crippen LogP contribution in [-0.2, 0) is 50.4 Å². The zero-order chi connectivity index (χ0) is 47.6.